The Morgan fingerprint density at radius 1 is 1.55 bits per heavy atom. The van der Waals surface area contributed by atoms with Gasteiger partial charge in [0.2, 0.25) is 5.91 Å². The normalized spacial score (nSPS) is 10.6. The number of carbonyl (C=O) groups excluding carboxylic acids is 1. The number of aromatic nitrogens is 4. The van der Waals surface area contributed by atoms with E-state index in [1.807, 2.05) is 0 Å². The average molecular weight is 343 g/mol. The molecule has 0 aliphatic heterocycles. The molecule has 0 fully saturated rings. The number of anilines is 1. The molecule has 0 saturated carbocycles. The molecule has 2 aromatic heterocycles. The molecular formula is C10H11BrN6O3. The number of carbonyl (C=O) groups is 1. The maximum absolute atomic E-state index is 11.8. The quantitative estimate of drug-likeness (QED) is 0.664. The third-order valence-electron chi connectivity index (χ3n) is 2.56. The van der Waals surface area contributed by atoms with Gasteiger partial charge in [-0.1, -0.05) is 0 Å². The summed E-state index contributed by atoms with van der Waals surface area (Å²) in [6.07, 6.45) is 1.69. The molecule has 0 aromatic carbocycles. The summed E-state index contributed by atoms with van der Waals surface area (Å²) in [4.78, 5) is 22.0. The Morgan fingerprint density at radius 3 is 2.75 bits per heavy atom. The van der Waals surface area contributed by atoms with Crippen molar-refractivity contribution < 1.29 is 9.72 Å². The number of aryl methyl sites for hydroxylation is 1. The number of nitrogens with one attached hydrogen (secondary N) is 1. The number of amides is 1. The molecule has 0 atom stereocenters. The van der Waals surface area contributed by atoms with E-state index in [1.165, 1.54) is 4.68 Å². The number of nitrogens with zero attached hydrogens (tertiary/aromatic N) is 5. The fraction of sp³-hybridized carbons (Fsp3) is 0.300. The Kier molecular flexibility index (Phi) is 3.84. The summed E-state index contributed by atoms with van der Waals surface area (Å²) >= 11 is 3.09. The molecule has 2 heterocycles. The molecule has 0 unspecified atom stereocenters. The van der Waals surface area contributed by atoms with Gasteiger partial charge in [-0.2, -0.15) is 9.78 Å². The molecule has 106 valence electrons. The van der Waals surface area contributed by atoms with Crippen molar-refractivity contribution in [2.75, 3.05) is 5.32 Å². The van der Waals surface area contributed by atoms with E-state index in [-0.39, 0.29) is 22.7 Å². The van der Waals surface area contributed by atoms with Gasteiger partial charge in [0, 0.05) is 19.3 Å². The molecule has 0 radical (unpaired) electrons. The lowest BCUT2D eigenvalue weighted by Gasteiger charge is -2.01. The van der Waals surface area contributed by atoms with Gasteiger partial charge in [-0.15, -0.1) is 0 Å². The molecule has 1 N–H and O–H groups in total. The zero-order chi connectivity index (χ0) is 14.9. The van der Waals surface area contributed by atoms with E-state index in [4.69, 9.17) is 0 Å². The van der Waals surface area contributed by atoms with Crippen LogP contribution in [0.2, 0.25) is 0 Å². The van der Waals surface area contributed by atoms with Gasteiger partial charge >= 0.3 is 5.82 Å². The largest absolute Gasteiger partial charge is 0.404 e. The molecular weight excluding hydrogens is 332 g/mol. The maximum Gasteiger partial charge on any atom is 0.404 e. The van der Waals surface area contributed by atoms with Crippen LogP contribution in [0.15, 0.2) is 16.7 Å². The zero-order valence-corrected chi connectivity index (χ0v) is 12.3. The van der Waals surface area contributed by atoms with E-state index in [0.717, 1.165) is 0 Å². The van der Waals surface area contributed by atoms with Crippen LogP contribution in [0.5, 0.6) is 0 Å². The van der Waals surface area contributed by atoms with Crippen LogP contribution in [0.25, 0.3) is 0 Å². The van der Waals surface area contributed by atoms with Crippen molar-refractivity contribution in [3.05, 3.63) is 32.5 Å². The number of nitro groups is 1. The summed E-state index contributed by atoms with van der Waals surface area (Å²) in [5.74, 6) is -0.263. The van der Waals surface area contributed by atoms with Crippen molar-refractivity contribution >= 4 is 33.5 Å². The molecule has 2 aromatic rings. The van der Waals surface area contributed by atoms with E-state index in [0.29, 0.717) is 11.5 Å². The minimum atomic E-state index is -0.607. The fourth-order valence-corrected chi connectivity index (χ4v) is 2.01. The first-order valence-electron chi connectivity index (χ1n) is 5.55. The highest BCUT2D eigenvalue weighted by atomic mass is 79.9. The smallest absolute Gasteiger partial charge is 0.358 e. The fourth-order valence-electron chi connectivity index (χ4n) is 1.58. The third kappa shape index (κ3) is 2.85. The molecule has 10 heteroatoms. The van der Waals surface area contributed by atoms with Gasteiger partial charge in [0.1, 0.15) is 11.0 Å². The number of halogens is 1. The van der Waals surface area contributed by atoms with E-state index in [9.17, 15) is 14.9 Å². The molecule has 0 bridgehead atoms. The highest BCUT2D eigenvalue weighted by molar-refractivity contribution is 9.10. The van der Waals surface area contributed by atoms with Crippen molar-refractivity contribution in [2.45, 2.75) is 13.5 Å². The van der Waals surface area contributed by atoms with Crippen LogP contribution in [0.4, 0.5) is 11.6 Å². The van der Waals surface area contributed by atoms with E-state index in [1.54, 1.807) is 30.9 Å². The lowest BCUT2D eigenvalue weighted by Crippen LogP contribution is -2.20. The first-order valence-corrected chi connectivity index (χ1v) is 6.34. The van der Waals surface area contributed by atoms with Crippen LogP contribution >= 0.6 is 15.9 Å². The minimum Gasteiger partial charge on any atom is -0.358 e. The molecule has 20 heavy (non-hydrogen) atoms. The number of rotatable bonds is 4. The van der Waals surface area contributed by atoms with Crippen LogP contribution in [-0.2, 0) is 18.4 Å². The van der Waals surface area contributed by atoms with Gasteiger partial charge in [0.05, 0.1) is 10.8 Å². The summed E-state index contributed by atoms with van der Waals surface area (Å²) < 4.78 is 3.09. The van der Waals surface area contributed by atoms with Crippen molar-refractivity contribution in [2.24, 2.45) is 7.05 Å². The standard InChI is InChI=1S/C10H11BrN6O3/c1-6-9(11)10(17(19)20)14-16(6)5-8(18)12-7-3-4-15(2)13-7/h3-4H,5H2,1-2H3,(H,12,13,18). The van der Waals surface area contributed by atoms with Crippen molar-refractivity contribution in [3.63, 3.8) is 0 Å². The Bertz CT molecular complexity index is 677. The molecule has 0 aliphatic carbocycles. The summed E-state index contributed by atoms with van der Waals surface area (Å²) in [6, 6.07) is 1.65. The van der Waals surface area contributed by atoms with Crippen LogP contribution in [0.1, 0.15) is 5.69 Å². The summed E-state index contributed by atoms with van der Waals surface area (Å²) in [7, 11) is 1.73. The summed E-state index contributed by atoms with van der Waals surface area (Å²) in [5, 5.41) is 21.1. The molecule has 0 spiro atoms. The van der Waals surface area contributed by atoms with Gasteiger partial charge in [0.25, 0.3) is 0 Å². The Hall–Kier alpha value is -2.23. The second-order valence-corrected chi connectivity index (χ2v) is 4.85. The predicted octanol–water partition coefficient (Wildman–Crippen LogP) is 1.23. The highest BCUT2D eigenvalue weighted by Crippen LogP contribution is 2.26. The Morgan fingerprint density at radius 2 is 2.25 bits per heavy atom. The maximum atomic E-state index is 11.8. The molecule has 0 saturated heterocycles. The van der Waals surface area contributed by atoms with Crippen LogP contribution in [0.3, 0.4) is 0 Å². The van der Waals surface area contributed by atoms with Crippen molar-refractivity contribution in [3.8, 4) is 0 Å². The molecule has 1 amide bonds. The number of hydrogen-bond acceptors (Lipinski definition) is 5. The summed E-state index contributed by atoms with van der Waals surface area (Å²) in [6.45, 7) is 1.51. The van der Waals surface area contributed by atoms with Gasteiger partial charge in [0.15, 0.2) is 5.82 Å². The lowest BCUT2D eigenvalue weighted by molar-refractivity contribution is -0.390. The SMILES string of the molecule is Cc1c(Br)c([N+](=O)[O-])nn1CC(=O)Nc1ccn(C)n1. The number of hydrogen-bond donors (Lipinski definition) is 1. The van der Waals surface area contributed by atoms with Gasteiger partial charge in [-0.25, -0.2) is 0 Å². The van der Waals surface area contributed by atoms with Crippen LogP contribution in [0, 0.1) is 17.0 Å². The second-order valence-electron chi connectivity index (χ2n) is 4.06. The van der Waals surface area contributed by atoms with E-state index >= 15 is 0 Å². The average Bonchev–Trinajstić information content (AvgIpc) is 2.88. The van der Waals surface area contributed by atoms with Crippen LogP contribution in [-0.4, -0.2) is 30.4 Å². The first kappa shape index (κ1) is 14.2. The minimum absolute atomic E-state index is 0.130. The second kappa shape index (κ2) is 5.41. The Labute approximate surface area is 121 Å². The monoisotopic (exact) mass is 342 g/mol. The predicted molar refractivity (Wildman–Crippen MR) is 73.2 cm³/mol. The first-order chi connectivity index (χ1) is 9.38. The van der Waals surface area contributed by atoms with Gasteiger partial charge in [-0.3, -0.25) is 9.48 Å². The van der Waals surface area contributed by atoms with E-state index in [2.05, 4.69) is 31.4 Å². The van der Waals surface area contributed by atoms with Crippen molar-refractivity contribution in [1.29, 1.82) is 0 Å². The molecule has 0 aliphatic rings. The lowest BCUT2D eigenvalue weighted by atomic mass is 10.4. The molecule has 2 rings (SSSR count). The Balaban J connectivity index is 2.12. The topological polar surface area (TPSA) is 108 Å². The van der Waals surface area contributed by atoms with Crippen molar-refractivity contribution in [1.82, 2.24) is 19.6 Å². The summed E-state index contributed by atoms with van der Waals surface area (Å²) in [5.41, 5.74) is 0.507. The van der Waals surface area contributed by atoms with Gasteiger partial charge < -0.3 is 15.4 Å². The highest BCUT2D eigenvalue weighted by Gasteiger charge is 2.24. The van der Waals surface area contributed by atoms with Crippen LogP contribution < -0.4 is 5.32 Å². The molecule has 9 nitrogen and oxygen atoms in total. The van der Waals surface area contributed by atoms with Gasteiger partial charge in [-0.05, 0) is 27.8 Å². The van der Waals surface area contributed by atoms with E-state index < -0.39 is 4.92 Å². The third-order valence-corrected chi connectivity index (χ3v) is 3.49. The zero-order valence-electron chi connectivity index (χ0n) is 10.7.